The Kier molecular flexibility index (Phi) is 3.44. The highest BCUT2D eigenvalue weighted by Crippen LogP contribution is 2.40. The van der Waals surface area contributed by atoms with Crippen LogP contribution in [0.2, 0.25) is 0 Å². The monoisotopic (exact) mass is 332 g/mol. The largest absolute Gasteiger partial charge is 0.508 e. The third kappa shape index (κ3) is 2.33. The van der Waals surface area contributed by atoms with Crippen LogP contribution in [0.3, 0.4) is 0 Å². The van der Waals surface area contributed by atoms with Crippen LogP contribution >= 0.6 is 0 Å². The van der Waals surface area contributed by atoms with Crippen molar-refractivity contribution in [2.24, 2.45) is 0 Å². The number of carbonyl (C=O) groups excluding carboxylic acids is 1. The Morgan fingerprint density at radius 2 is 1.24 bits per heavy atom. The number of rotatable bonds is 2. The molecule has 0 saturated heterocycles. The average Bonchev–Trinajstić information content (AvgIpc) is 2.64. The van der Waals surface area contributed by atoms with E-state index in [0.717, 1.165) is 16.7 Å². The number of amides is 1. The van der Waals surface area contributed by atoms with Crippen LogP contribution in [0.5, 0.6) is 11.5 Å². The number of fused-ring (bicyclic) bond motifs is 1. The summed E-state index contributed by atoms with van der Waals surface area (Å²) < 4.78 is 0. The predicted octanol–water partition coefficient (Wildman–Crippen LogP) is 2.64. The molecule has 0 unspecified atom stereocenters. The molecule has 0 aromatic heterocycles. The summed E-state index contributed by atoms with van der Waals surface area (Å²) in [6.45, 7) is 0. The Morgan fingerprint density at radius 3 is 1.80 bits per heavy atom. The van der Waals surface area contributed by atoms with Crippen molar-refractivity contribution >= 4 is 5.91 Å². The van der Waals surface area contributed by atoms with Gasteiger partial charge in [-0.25, -0.2) is 5.43 Å². The maximum absolute atomic E-state index is 12.3. The van der Waals surface area contributed by atoms with Gasteiger partial charge in [-0.2, -0.15) is 0 Å². The zero-order chi connectivity index (χ0) is 17.4. The van der Waals surface area contributed by atoms with Gasteiger partial charge in [0.05, 0.1) is 0 Å². The maximum Gasteiger partial charge on any atom is 0.265 e. The van der Waals surface area contributed by atoms with E-state index in [4.69, 9.17) is 0 Å². The van der Waals surface area contributed by atoms with Crippen LogP contribution < -0.4 is 10.9 Å². The first-order valence-electron chi connectivity index (χ1n) is 7.87. The fraction of sp³-hybridized carbons (Fsp3) is 0.0500. The van der Waals surface area contributed by atoms with E-state index in [0.29, 0.717) is 5.56 Å². The van der Waals surface area contributed by atoms with Crippen molar-refractivity contribution < 1.29 is 15.0 Å². The summed E-state index contributed by atoms with van der Waals surface area (Å²) >= 11 is 0. The Hall–Kier alpha value is -3.31. The zero-order valence-corrected chi connectivity index (χ0v) is 13.2. The first kappa shape index (κ1) is 15.2. The molecule has 0 spiro atoms. The lowest BCUT2D eigenvalue weighted by atomic mass is 9.74. The summed E-state index contributed by atoms with van der Waals surface area (Å²) in [5.41, 5.74) is 8.12. The maximum atomic E-state index is 12.3. The number of benzene rings is 3. The molecule has 1 aliphatic heterocycles. The molecular weight excluding hydrogens is 316 g/mol. The molecule has 0 saturated carbocycles. The number of hydrogen-bond donors (Lipinski definition) is 4. The van der Waals surface area contributed by atoms with Crippen molar-refractivity contribution in [1.82, 2.24) is 10.9 Å². The summed E-state index contributed by atoms with van der Waals surface area (Å²) in [7, 11) is 0. The number of phenolic OH excluding ortho intramolecular Hbond substituents is 2. The molecular formula is C20H16N2O3. The predicted molar refractivity (Wildman–Crippen MR) is 93.1 cm³/mol. The van der Waals surface area contributed by atoms with Crippen molar-refractivity contribution in [2.45, 2.75) is 5.54 Å². The highest BCUT2D eigenvalue weighted by atomic mass is 16.3. The number of aromatic hydroxyl groups is 2. The van der Waals surface area contributed by atoms with Gasteiger partial charge in [0.1, 0.15) is 17.0 Å². The van der Waals surface area contributed by atoms with Crippen LogP contribution in [-0.2, 0) is 5.54 Å². The van der Waals surface area contributed by atoms with Gasteiger partial charge in [-0.1, -0.05) is 42.5 Å². The second-order valence-electron chi connectivity index (χ2n) is 5.97. The second-order valence-corrected chi connectivity index (χ2v) is 5.97. The quantitative estimate of drug-likeness (QED) is 0.581. The first-order valence-corrected chi connectivity index (χ1v) is 7.87. The van der Waals surface area contributed by atoms with Crippen LogP contribution in [-0.4, -0.2) is 16.1 Å². The SMILES string of the molecule is O=C1NNC(c2ccc(O)cc2)(c2ccc(O)cc2)c2ccccc21. The number of hydrazine groups is 1. The number of phenols is 2. The number of hydrogen-bond acceptors (Lipinski definition) is 4. The molecule has 3 aromatic carbocycles. The lowest BCUT2D eigenvalue weighted by Crippen LogP contribution is -2.58. The van der Waals surface area contributed by atoms with E-state index >= 15 is 0 Å². The van der Waals surface area contributed by atoms with E-state index in [1.54, 1.807) is 30.3 Å². The Labute approximate surface area is 144 Å². The third-order valence-electron chi connectivity index (χ3n) is 4.54. The third-order valence-corrected chi connectivity index (χ3v) is 4.54. The van der Waals surface area contributed by atoms with Gasteiger partial charge in [-0.05, 0) is 47.0 Å². The van der Waals surface area contributed by atoms with Crippen molar-refractivity contribution in [3.8, 4) is 11.5 Å². The lowest BCUT2D eigenvalue weighted by Gasteiger charge is -2.40. The van der Waals surface area contributed by atoms with E-state index in [-0.39, 0.29) is 17.4 Å². The van der Waals surface area contributed by atoms with Crippen molar-refractivity contribution in [3.63, 3.8) is 0 Å². The standard InChI is InChI=1S/C20H16N2O3/c23-15-9-5-13(6-10-15)20(14-7-11-16(24)12-8-14)18-4-2-1-3-17(18)19(25)21-22-20/h1-12,22-24H,(H,21,25). The fourth-order valence-corrected chi connectivity index (χ4v) is 3.34. The minimum Gasteiger partial charge on any atom is -0.508 e. The van der Waals surface area contributed by atoms with Gasteiger partial charge in [0.15, 0.2) is 0 Å². The van der Waals surface area contributed by atoms with E-state index in [2.05, 4.69) is 10.9 Å². The highest BCUT2D eigenvalue weighted by molar-refractivity contribution is 5.97. The average molecular weight is 332 g/mol. The summed E-state index contributed by atoms with van der Waals surface area (Å²) in [5, 5.41) is 19.3. The molecule has 3 aromatic rings. The highest BCUT2D eigenvalue weighted by Gasteiger charge is 2.42. The Morgan fingerprint density at radius 1 is 0.720 bits per heavy atom. The summed E-state index contributed by atoms with van der Waals surface area (Å²) in [6, 6.07) is 21.1. The van der Waals surface area contributed by atoms with Gasteiger partial charge in [0.2, 0.25) is 0 Å². The van der Waals surface area contributed by atoms with Gasteiger partial charge in [0, 0.05) is 5.56 Å². The minimum absolute atomic E-state index is 0.165. The van der Waals surface area contributed by atoms with E-state index in [9.17, 15) is 15.0 Å². The molecule has 0 radical (unpaired) electrons. The molecule has 1 heterocycles. The molecule has 4 rings (SSSR count). The van der Waals surface area contributed by atoms with E-state index in [1.165, 1.54) is 0 Å². The molecule has 1 amide bonds. The van der Waals surface area contributed by atoms with Crippen LogP contribution in [0.4, 0.5) is 0 Å². The van der Waals surface area contributed by atoms with Crippen molar-refractivity contribution in [2.75, 3.05) is 0 Å². The van der Waals surface area contributed by atoms with Gasteiger partial charge < -0.3 is 10.2 Å². The van der Waals surface area contributed by atoms with Crippen LogP contribution in [0, 0.1) is 0 Å². The molecule has 5 nitrogen and oxygen atoms in total. The number of carbonyl (C=O) groups is 1. The molecule has 0 fully saturated rings. The van der Waals surface area contributed by atoms with Gasteiger partial charge in [-0.3, -0.25) is 10.2 Å². The van der Waals surface area contributed by atoms with E-state index in [1.807, 2.05) is 42.5 Å². The van der Waals surface area contributed by atoms with Crippen molar-refractivity contribution in [3.05, 3.63) is 95.1 Å². The summed E-state index contributed by atoms with van der Waals surface area (Å²) in [5.74, 6) is 0.124. The van der Waals surface area contributed by atoms with Crippen molar-refractivity contribution in [1.29, 1.82) is 0 Å². The molecule has 0 atom stereocenters. The molecule has 5 heteroatoms. The van der Waals surface area contributed by atoms with Gasteiger partial charge in [0.25, 0.3) is 5.91 Å². The fourth-order valence-electron chi connectivity index (χ4n) is 3.34. The van der Waals surface area contributed by atoms with E-state index < -0.39 is 5.54 Å². The molecule has 1 aliphatic rings. The topological polar surface area (TPSA) is 81.6 Å². The minimum atomic E-state index is -0.841. The van der Waals surface area contributed by atoms with Crippen LogP contribution in [0.15, 0.2) is 72.8 Å². The second kappa shape index (κ2) is 5.65. The van der Waals surface area contributed by atoms with Gasteiger partial charge >= 0.3 is 0 Å². The smallest absolute Gasteiger partial charge is 0.265 e. The van der Waals surface area contributed by atoms with Crippen LogP contribution in [0.1, 0.15) is 27.0 Å². The van der Waals surface area contributed by atoms with Crippen LogP contribution in [0.25, 0.3) is 0 Å². The van der Waals surface area contributed by atoms with Gasteiger partial charge in [-0.15, -0.1) is 0 Å². The normalized spacial score (nSPS) is 15.3. The summed E-state index contributed by atoms with van der Waals surface area (Å²) in [6.07, 6.45) is 0. The summed E-state index contributed by atoms with van der Waals surface area (Å²) in [4.78, 5) is 12.3. The Balaban J connectivity index is 2.04. The lowest BCUT2D eigenvalue weighted by molar-refractivity contribution is 0.0897. The Bertz CT molecular complexity index is 888. The first-order chi connectivity index (χ1) is 12.1. The molecule has 25 heavy (non-hydrogen) atoms. The molecule has 0 aliphatic carbocycles. The number of nitrogens with one attached hydrogen (secondary N) is 2. The molecule has 4 N–H and O–H groups in total. The molecule has 124 valence electrons. The zero-order valence-electron chi connectivity index (χ0n) is 13.2. The molecule has 0 bridgehead atoms.